The number of halogens is 1. The zero-order valence-electron chi connectivity index (χ0n) is 15.3. The second-order valence-electron chi connectivity index (χ2n) is 6.17. The van der Waals surface area contributed by atoms with Crippen LogP contribution < -0.4 is 10.6 Å². The van der Waals surface area contributed by atoms with Crippen molar-refractivity contribution in [3.05, 3.63) is 71.5 Å². The molecule has 0 bridgehead atoms. The van der Waals surface area contributed by atoms with E-state index in [1.807, 2.05) is 43.3 Å². The Morgan fingerprint density at radius 3 is 2.62 bits per heavy atom. The Morgan fingerprint density at radius 1 is 1.12 bits per heavy atom. The van der Waals surface area contributed by atoms with Gasteiger partial charge in [-0.2, -0.15) is 0 Å². The first-order valence-electron chi connectivity index (χ1n) is 9.15. The molecule has 5 heteroatoms. The maximum Gasteiger partial charge on any atom is 0.191 e. The number of hydrogen-bond acceptors (Lipinski definition) is 2. The molecule has 1 atom stereocenters. The molecule has 2 aromatic rings. The highest BCUT2D eigenvalue weighted by Gasteiger charge is 2.09. The lowest BCUT2D eigenvalue weighted by Crippen LogP contribution is -2.38. The SMILES string of the molecule is CCNC(=NCC(CO)c1ccccc1)NCCCc1cccc(F)c1. The van der Waals surface area contributed by atoms with E-state index in [4.69, 9.17) is 0 Å². The molecule has 4 nitrogen and oxygen atoms in total. The van der Waals surface area contributed by atoms with Gasteiger partial charge in [0.05, 0.1) is 13.2 Å². The fourth-order valence-electron chi connectivity index (χ4n) is 2.73. The van der Waals surface area contributed by atoms with Gasteiger partial charge in [-0.05, 0) is 43.0 Å². The van der Waals surface area contributed by atoms with Crippen molar-refractivity contribution in [1.82, 2.24) is 10.6 Å². The van der Waals surface area contributed by atoms with Gasteiger partial charge in [-0.3, -0.25) is 4.99 Å². The summed E-state index contributed by atoms with van der Waals surface area (Å²) in [6.45, 7) is 4.11. The largest absolute Gasteiger partial charge is 0.396 e. The standard InChI is InChI=1S/C21H28FN3O/c1-2-23-21(24-13-7-9-17-8-6-12-20(22)14-17)25-15-19(16-26)18-10-4-3-5-11-18/h3-6,8,10-12,14,19,26H,2,7,9,13,15-16H2,1H3,(H2,23,24,25). The summed E-state index contributed by atoms with van der Waals surface area (Å²) >= 11 is 0. The van der Waals surface area contributed by atoms with Crippen molar-refractivity contribution in [1.29, 1.82) is 0 Å². The molecule has 2 aromatic carbocycles. The molecular formula is C21H28FN3O. The minimum absolute atomic E-state index is 0.0149. The summed E-state index contributed by atoms with van der Waals surface area (Å²) in [5.41, 5.74) is 2.08. The summed E-state index contributed by atoms with van der Waals surface area (Å²) < 4.78 is 13.2. The average Bonchev–Trinajstić information content (AvgIpc) is 2.66. The van der Waals surface area contributed by atoms with Gasteiger partial charge >= 0.3 is 0 Å². The van der Waals surface area contributed by atoms with Crippen LogP contribution in [0, 0.1) is 5.82 Å². The molecule has 2 rings (SSSR count). The minimum Gasteiger partial charge on any atom is -0.396 e. The second kappa shape index (κ2) is 11.3. The van der Waals surface area contributed by atoms with E-state index in [0.717, 1.165) is 43.0 Å². The molecule has 0 radical (unpaired) electrons. The van der Waals surface area contributed by atoms with Crippen LogP contribution in [0.4, 0.5) is 4.39 Å². The number of aliphatic imine (C=N–C) groups is 1. The monoisotopic (exact) mass is 357 g/mol. The maximum atomic E-state index is 13.2. The number of nitrogens with zero attached hydrogens (tertiary/aromatic N) is 1. The third-order valence-electron chi connectivity index (χ3n) is 4.13. The van der Waals surface area contributed by atoms with E-state index in [-0.39, 0.29) is 18.3 Å². The van der Waals surface area contributed by atoms with Gasteiger partial charge in [0.25, 0.3) is 0 Å². The van der Waals surface area contributed by atoms with E-state index in [2.05, 4.69) is 15.6 Å². The van der Waals surface area contributed by atoms with Crippen LogP contribution >= 0.6 is 0 Å². The van der Waals surface area contributed by atoms with Crippen molar-refractivity contribution in [2.45, 2.75) is 25.7 Å². The minimum atomic E-state index is -0.193. The van der Waals surface area contributed by atoms with Crippen LogP contribution in [-0.4, -0.2) is 37.3 Å². The zero-order chi connectivity index (χ0) is 18.6. The summed E-state index contributed by atoms with van der Waals surface area (Å²) in [6, 6.07) is 16.6. The molecule has 0 saturated carbocycles. The number of aliphatic hydroxyl groups is 1. The second-order valence-corrected chi connectivity index (χ2v) is 6.17. The first-order valence-corrected chi connectivity index (χ1v) is 9.15. The lowest BCUT2D eigenvalue weighted by molar-refractivity contribution is 0.268. The summed E-state index contributed by atoms with van der Waals surface area (Å²) in [5.74, 6) is 0.529. The molecule has 0 aliphatic heterocycles. The molecule has 0 heterocycles. The quantitative estimate of drug-likeness (QED) is 0.367. The van der Waals surface area contributed by atoms with Gasteiger partial charge in [0.2, 0.25) is 0 Å². The number of aliphatic hydroxyl groups excluding tert-OH is 1. The average molecular weight is 357 g/mol. The fourth-order valence-corrected chi connectivity index (χ4v) is 2.73. The van der Waals surface area contributed by atoms with Gasteiger partial charge in [-0.25, -0.2) is 4.39 Å². The van der Waals surface area contributed by atoms with Gasteiger partial charge in [0, 0.05) is 19.0 Å². The molecule has 0 fully saturated rings. The number of guanidine groups is 1. The number of rotatable bonds is 9. The predicted molar refractivity (Wildman–Crippen MR) is 105 cm³/mol. The highest BCUT2D eigenvalue weighted by molar-refractivity contribution is 5.79. The third-order valence-corrected chi connectivity index (χ3v) is 4.13. The van der Waals surface area contributed by atoms with E-state index < -0.39 is 0 Å². The van der Waals surface area contributed by atoms with E-state index in [1.54, 1.807) is 12.1 Å². The summed E-state index contributed by atoms with van der Waals surface area (Å²) in [4.78, 5) is 4.59. The lowest BCUT2D eigenvalue weighted by atomic mass is 10.0. The van der Waals surface area contributed by atoms with Crippen molar-refractivity contribution in [3.63, 3.8) is 0 Å². The van der Waals surface area contributed by atoms with Crippen molar-refractivity contribution < 1.29 is 9.50 Å². The molecule has 0 amide bonds. The van der Waals surface area contributed by atoms with Crippen LogP contribution in [0.5, 0.6) is 0 Å². The van der Waals surface area contributed by atoms with Gasteiger partial charge in [-0.1, -0.05) is 42.5 Å². The fraction of sp³-hybridized carbons (Fsp3) is 0.381. The van der Waals surface area contributed by atoms with Crippen LogP contribution in [0.2, 0.25) is 0 Å². The van der Waals surface area contributed by atoms with Gasteiger partial charge in [-0.15, -0.1) is 0 Å². The van der Waals surface area contributed by atoms with Crippen molar-refractivity contribution in [3.8, 4) is 0 Å². The van der Waals surface area contributed by atoms with Gasteiger partial charge < -0.3 is 15.7 Å². The maximum absolute atomic E-state index is 13.2. The van der Waals surface area contributed by atoms with Crippen molar-refractivity contribution in [2.75, 3.05) is 26.2 Å². The Bertz CT molecular complexity index is 676. The van der Waals surface area contributed by atoms with Gasteiger partial charge in [0.1, 0.15) is 5.82 Å². The molecule has 26 heavy (non-hydrogen) atoms. The first kappa shape index (κ1) is 19.9. The molecule has 0 aliphatic carbocycles. The van der Waals surface area contributed by atoms with Crippen LogP contribution in [0.1, 0.15) is 30.4 Å². The smallest absolute Gasteiger partial charge is 0.191 e. The molecule has 0 spiro atoms. The molecule has 3 N–H and O–H groups in total. The van der Waals surface area contributed by atoms with Gasteiger partial charge in [0.15, 0.2) is 5.96 Å². The third kappa shape index (κ3) is 6.84. The molecule has 0 saturated heterocycles. The van der Waals surface area contributed by atoms with E-state index in [1.165, 1.54) is 6.07 Å². The Morgan fingerprint density at radius 2 is 1.92 bits per heavy atom. The van der Waals surface area contributed by atoms with Crippen LogP contribution in [0.25, 0.3) is 0 Å². The number of nitrogens with one attached hydrogen (secondary N) is 2. The Balaban J connectivity index is 1.83. The van der Waals surface area contributed by atoms with Crippen LogP contribution in [-0.2, 0) is 6.42 Å². The normalized spacial score (nSPS) is 12.7. The van der Waals surface area contributed by atoms with Crippen LogP contribution in [0.15, 0.2) is 59.6 Å². The lowest BCUT2D eigenvalue weighted by Gasteiger charge is -2.15. The summed E-state index contributed by atoms with van der Waals surface area (Å²) in [5, 5.41) is 16.2. The first-order chi connectivity index (χ1) is 12.7. The molecule has 0 aliphatic rings. The Kier molecular flexibility index (Phi) is 8.63. The van der Waals surface area contributed by atoms with E-state index >= 15 is 0 Å². The predicted octanol–water partition coefficient (Wildman–Crippen LogP) is 3.09. The van der Waals surface area contributed by atoms with Crippen molar-refractivity contribution in [2.24, 2.45) is 4.99 Å². The Hall–Kier alpha value is -2.40. The van der Waals surface area contributed by atoms with Crippen molar-refractivity contribution >= 4 is 5.96 Å². The molecule has 140 valence electrons. The number of hydrogen-bond donors (Lipinski definition) is 3. The summed E-state index contributed by atoms with van der Waals surface area (Å²) in [7, 11) is 0. The highest BCUT2D eigenvalue weighted by Crippen LogP contribution is 2.14. The molecule has 0 aromatic heterocycles. The number of benzene rings is 2. The highest BCUT2D eigenvalue weighted by atomic mass is 19.1. The number of aryl methyl sites for hydroxylation is 1. The molecular weight excluding hydrogens is 329 g/mol. The molecule has 1 unspecified atom stereocenters. The van der Waals surface area contributed by atoms with Crippen LogP contribution in [0.3, 0.4) is 0 Å². The van der Waals surface area contributed by atoms with E-state index in [9.17, 15) is 9.50 Å². The van der Waals surface area contributed by atoms with E-state index in [0.29, 0.717) is 6.54 Å². The zero-order valence-corrected chi connectivity index (χ0v) is 15.3. The topological polar surface area (TPSA) is 56.7 Å². The summed E-state index contributed by atoms with van der Waals surface area (Å²) in [6.07, 6.45) is 1.70. The Labute approximate surface area is 155 Å².